The van der Waals surface area contributed by atoms with Crippen molar-refractivity contribution in [1.82, 2.24) is 0 Å². The Bertz CT molecular complexity index is 629. The minimum absolute atomic E-state index is 0.276. The van der Waals surface area contributed by atoms with Crippen LogP contribution in [0.5, 0.6) is 11.5 Å². The van der Waals surface area contributed by atoms with E-state index >= 15 is 0 Å². The molecule has 0 amide bonds. The molecule has 0 aromatic heterocycles. The Hall–Kier alpha value is -1.62. The smallest absolute Gasteiger partial charge is 0.139 e. The van der Waals surface area contributed by atoms with E-state index in [-0.39, 0.29) is 4.99 Å². The highest BCUT2D eigenvalue weighted by Crippen LogP contribution is 2.28. The van der Waals surface area contributed by atoms with E-state index in [0.29, 0.717) is 28.7 Å². The highest BCUT2D eigenvalue weighted by atomic mass is 35.5. The van der Waals surface area contributed by atoms with Gasteiger partial charge in [0.15, 0.2) is 0 Å². The number of ether oxygens (including phenoxy) is 2. The van der Waals surface area contributed by atoms with Gasteiger partial charge in [-0.2, -0.15) is 0 Å². The van der Waals surface area contributed by atoms with Crippen LogP contribution in [-0.4, -0.2) is 18.7 Å². The van der Waals surface area contributed by atoms with Crippen LogP contribution in [0.25, 0.3) is 0 Å². The summed E-state index contributed by atoms with van der Waals surface area (Å²) in [7, 11) is 1.69. The molecule has 0 heterocycles. The van der Waals surface area contributed by atoms with Gasteiger partial charge in [-0.15, -0.1) is 0 Å². The lowest BCUT2D eigenvalue weighted by Gasteiger charge is -2.11. The van der Waals surface area contributed by atoms with Crippen LogP contribution in [0.15, 0.2) is 42.5 Å². The molecule has 5 heteroatoms. The Morgan fingerprint density at radius 3 is 2.52 bits per heavy atom. The zero-order valence-electron chi connectivity index (χ0n) is 11.6. The lowest BCUT2D eigenvalue weighted by Crippen LogP contribution is -2.10. The van der Waals surface area contributed by atoms with Gasteiger partial charge in [-0.1, -0.05) is 36.0 Å². The number of rotatable bonds is 6. The molecule has 0 saturated heterocycles. The molecule has 2 N–H and O–H groups in total. The number of halogens is 1. The quantitative estimate of drug-likeness (QED) is 0.818. The predicted molar refractivity (Wildman–Crippen MR) is 89.4 cm³/mol. The molecular formula is C16H16ClNO2S. The molecule has 2 rings (SSSR count). The monoisotopic (exact) mass is 321 g/mol. The first kappa shape index (κ1) is 15.8. The Morgan fingerprint density at radius 2 is 1.90 bits per heavy atom. The summed E-state index contributed by atoms with van der Waals surface area (Å²) < 4.78 is 10.9. The third-order valence-electron chi connectivity index (χ3n) is 2.96. The lowest BCUT2D eigenvalue weighted by molar-refractivity contribution is 0.202. The highest BCUT2D eigenvalue weighted by Gasteiger charge is 2.08. The summed E-state index contributed by atoms with van der Waals surface area (Å²) in [6, 6.07) is 13.0. The van der Waals surface area contributed by atoms with Gasteiger partial charge in [0.2, 0.25) is 0 Å². The van der Waals surface area contributed by atoms with Crippen molar-refractivity contribution in [2.24, 2.45) is 5.73 Å². The molecule has 0 aliphatic carbocycles. The summed E-state index contributed by atoms with van der Waals surface area (Å²) >= 11 is 11.0. The zero-order valence-corrected chi connectivity index (χ0v) is 13.2. The van der Waals surface area contributed by atoms with Crippen molar-refractivity contribution in [3.05, 3.63) is 58.6 Å². The molecular weight excluding hydrogens is 306 g/mol. The number of hydrogen-bond acceptors (Lipinski definition) is 3. The first-order valence-corrected chi connectivity index (χ1v) is 7.24. The van der Waals surface area contributed by atoms with E-state index in [1.54, 1.807) is 25.3 Å². The minimum Gasteiger partial charge on any atom is -0.457 e. The van der Waals surface area contributed by atoms with E-state index in [1.165, 1.54) is 5.56 Å². The van der Waals surface area contributed by atoms with Gasteiger partial charge in [0.25, 0.3) is 0 Å². The molecule has 2 aromatic rings. The third kappa shape index (κ3) is 4.43. The second-order valence-corrected chi connectivity index (χ2v) is 5.37. The number of hydrogen-bond donors (Lipinski definition) is 1. The fourth-order valence-corrected chi connectivity index (χ4v) is 2.19. The third-order valence-corrected chi connectivity index (χ3v) is 3.41. The molecule has 0 radical (unpaired) electrons. The molecule has 0 atom stereocenters. The van der Waals surface area contributed by atoms with Crippen LogP contribution in [0.1, 0.15) is 11.1 Å². The summed E-state index contributed by atoms with van der Waals surface area (Å²) in [6.45, 7) is 0.695. The topological polar surface area (TPSA) is 44.5 Å². The van der Waals surface area contributed by atoms with Gasteiger partial charge < -0.3 is 15.2 Å². The molecule has 0 unspecified atom stereocenters. The first-order valence-electron chi connectivity index (χ1n) is 6.45. The van der Waals surface area contributed by atoms with Gasteiger partial charge in [-0.25, -0.2) is 0 Å². The molecule has 0 spiro atoms. The van der Waals surface area contributed by atoms with E-state index in [0.717, 1.165) is 6.42 Å². The molecule has 0 fully saturated rings. The summed E-state index contributed by atoms with van der Waals surface area (Å²) in [6.07, 6.45) is 0.867. The van der Waals surface area contributed by atoms with Crippen molar-refractivity contribution >= 4 is 28.8 Å². The Labute approximate surface area is 134 Å². The van der Waals surface area contributed by atoms with E-state index in [2.05, 4.69) is 0 Å². The highest BCUT2D eigenvalue weighted by molar-refractivity contribution is 7.80. The molecule has 0 aliphatic heterocycles. The normalized spacial score (nSPS) is 10.4. The Kier molecular flexibility index (Phi) is 5.56. The number of benzene rings is 2. The number of nitrogens with two attached hydrogens (primary N) is 1. The molecule has 0 saturated carbocycles. The second kappa shape index (κ2) is 7.41. The van der Waals surface area contributed by atoms with Gasteiger partial charge in [-0.3, -0.25) is 0 Å². The number of thiocarbonyl (C=S) groups is 1. The molecule has 3 nitrogen and oxygen atoms in total. The maximum atomic E-state index is 5.99. The largest absolute Gasteiger partial charge is 0.457 e. The fraction of sp³-hybridized carbons (Fsp3) is 0.188. The van der Waals surface area contributed by atoms with Gasteiger partial charge in [-0.05, 0) is 36.2 Å². The van der Waals surface area contributed by atoms with Crippen LogP contribution in [0.3, 0.4) is 0 Å². The maximum absolute atomic E-state index is 5.99. The van der Waals surface area contributed by atoms with Gasteiger partial charge in [0.1, 0.15) is 16.5 Å². The SMILES string of the molecule is COCCc1ccc(Oc2cc(Cl)ccc2C(N)=S)cc1. The summed E-state index contributed by atoms with van der Waals surface area (Å²) in [5.74, 6) is 1.26. The van der Waals surface area contributed by atoms with E-state index in [1.807, 2.05) is 24.3 Å². The molecule has 0 bridgehead atoms. The zero-order chi connectivity index (χ0) is 15.2. The van der Waals surface area contributed by atoms with Crippen LogP contribution in [0.4, 0.5) is 0 Å². The van der Waals surface area contributed by atoms with Crippen molar-refractivity contribution < 1.29 is 9.47 Å². The van der Waals surface area contributed by atoms with Crippen LogP contribution in [0.2, 0.25) is 5.02 Å². The van der Waals surface area contributed by atoms with Crippen LogP contribution >= 0.6 is 23.8 Å². The molecule has 21 heavy (non-hydrogen) atoms. The number of methoxy groups -OCH3 is 1. The molecule has 2 aromatic carbocycles. The van der Waals surface area contributed by atoms with Crippen molar-refractivity contribution in [3.8, 4) is 11.5 Å². The van der Waals surface area contributed by atoms with E-state index in [9.17, 15) is 0 Å². The summed E-state index contributed by atoms with van der Waals surface area (Å²) in [5, 5.41) is 0.571. The second-order valence-electron chi connectivity index (χ2n) is 4.49. The van der Waals surface area contributed by atoms with Gasteiger partial charge in [0, 0.05) is 18.2 Å². The van der Waals surface area contributed by atoms with Crippen molar-refractivity contribution in [2.45, 2.75) is 6.42 Å². The average Bonchev–Trinajstić information content (AvgIpc) is 2.46. The average molecular weight is 322 g/mol. The Balaban J connectivity index is 2.18. The fourth-order valence-electron chi connectivity index (χ4n) is 1.86. The van der Waals surface area contributed by atoms with Gasteiger partial charge >= 0.3 is 0 Å². The maximum Gasteiger partial charge on any atom is 0.139 e. The summed E-state index contributed by atoms with van der Waals surface area (Å²) in [4.78, 5) is 0.276. The molecule has 0 aliphatic rings. The predicted octanol–water partition coefficient (Wildman–Crippen LogP) is 3.96. The van der Waals surface area contributed by atoms with Crippen LogP contribution < -0.4 is 10.5 Å². The van der Waals surface area contributed by atoms with Crippen molar-refractivity contribution in [2.75, 3.05) is 13.7 Å². The lowest BCUT2D eigenvalue weighted by atomic mass is 10.1. The first-order chi connectivity index (χ1) is 10.1. The van der Waals surface area contributed by atoms with Crippen LogP contribution in [-0.2, 0) is 11.2 Å². The molecule has 110 valence electrons. The Morgan fingerprint density at radius 1 is 1.19 bits per heavy atom. The van der Waals surface area contributed by atoms with Crippen molar-refractivity contribution in [3.63, 3.8) is 0 Å². The standard InChI is InChI=1S/C16H16ClNO2S/c1-19-9-8-11-2-5-13(6-3-11)20-15-10-12(17)4-7-14(15)16(18)21/h2-7,10H,8-9H2,1H3,(H2,18,21). The van der Waals surface area contributed by atoms with Crippen LogP contribution in [0, 0.1) is 0 Å². The summed E-state index contributed by atoms with van der Waals surface area (Å²) in [5.41, 5.74) is 7.54. The van der Waals surface area contributed by atoms with Gasteiger partial charge in [0.05, 0.1) is 12.2 Å². The van der Waals surface area contributed by atoms with E-state index in [4.69, 9.17) is 39.0 Å². The minimum atomic E-state index is 0.276. The van der Waals surface area contributed by atoms with E-state index < -0.39 is 0 Å². The van der Waals surface area contributed by atoms with Crippen molar-refractivity contribution in [1.29, 1.82) is 0 Å².